The van der Waals surface area contributed by atoms with Crippen molar-refractivity contribution in [3.05, 3.63) is 64.8 Å². The number of likely N-dealkylation sites (tertiary alicyclic amines) is 1. The van der Waals surface area contributed by atoms with Crippen LogP contribution < -0.4 is 5.32 Å². The fourth-order valence-corrected chi connectivity index (χ4v) is 4.88. The van der Waals surface area contributed by atoms with Crippen LogP contribution in [0.5, 0.6) is 0 Å². The SMILES string of the molecule is Cc1cnc(NC2CC3CC2N(C(=O)c2cccc(F)c2-n2nccn2)C3)c(Cl)c1. The molecule has 30 heavy (non-hydrogen) atoms. The zero-order chi connectivity index (χ0) is 20.8. The zero-order valence-corrected chi connectivity index (χ0v) is 17.1. The summed E-state index contributed by atoms with van der Waals surface area (Å²) in [7, 11) is 0. The molecule has 2 fully saturated rings. The van der Waals surface area contributed by atoms with Gasteiger partial charge in [0.05, 0.1) is 29.0 Å². The molecular weight excluding hydrogens is 407 g/mol. The molecule has 5 rings (SSSR count). The van der Waals surface area contributed by atoms with E-state index in [9.17, 15) is 9.18 Å². The first-order chi connectivity index (χ1) is 14.5. The summed E-state index contributed by atoms with van der Waals surface area (Å²) in [6.07, 6.45) is 6.52. The summed E-state index contributed by atoms with van der Waals surface area (Å²) in [4.78, 5) is 20.8. The Hall–Kier alpha value is -3.00. The van der Waals surface area contributed by atoms with Crippen molar-refractivity contribution in [2.24, 2.45) is 5.92 Å². The maximum Gasteiger partial charge on any atom is 0.256 e. The summed E-state index contributed by atoms with van der Waals surface area (Å²) < 4.78 is 14.6. The van der Waals surface area contributed by atoms with Crippen LogP contribution in [0.25, 0.3) is 5.69 Å². The molecule has 154 valence electrons. The number of amides is 1. The summed E-state index contributed by atoms with van der Waals surface area (Å²) in [6, 6.07) is 6.36. The number of piperidine rings is 1. The number of nitrogens with zero attached hydrogens (tertiary/aromatic N) is 5. The van der Waals surface area contributed by atoms with Crippen molar-refractivity contribution < 1.29 is 9.18 Å². The van der Waals surface area contributed by atoms with Crippen LogP contribution in [0.15, 0.2) is 42.9 Å². The lowest BCUT2D eigenvalue weighted by atomic mass is 10.0. The molecular formula is C21H20ClFN6O. The summed E-state index contributed by atoms with van der Waals surface area (Å²) >= 11 is 6.34. The Morgan fingerprint density at radius 3 is 2.80 bits per heavy atom. The van der Waals surface area contributed by atoms with Gasteiger partial charge in [-0.05, 0) is 49.4 Å². The predicted molar refractivity (Wildman–Crippen MR) is 110 cm³/mol. The zero-order valence-electron chi connectivity index (χ0n) is 16.3. The third-order valence-corrected chi connectivity index (χ3v) is 6.17. The number of nitrogens with one attached hydrogen (secondary N) is 1. The first-order valence-electron chi connectivity index (χ1n) is 9.86. The number of carbonyl (C=O) groups excluding carboxylic acids is 1. The minimum atomic E-state index is -0.535. The van der Waals surface area contributed by atoms with Gasteiger partial charge < -0.3 is 10.2 Å². The molecule has 1 aliphatic carbocycles. The minimum absolute atomic E-state index is 0.0108. The number of hydrogen-bond acceptors (Lipinski definition) is 5. The van der Waals surface area contributed by atoms with Crippen molar-refractivity contribution in [3.63, 3.8) is 0 Å². The highest BCUT2D eigenvalue weighted by molar-refractivity contribution is 6.32. The number of carbonyl (C=O) groups is 1. The van der Waals surface area contributed by atoms with Crippen molar-refractivity contribution in [1.29, 1.82) is 0 Å². The molecule has 1 N–H and O–H groups in total. The largest absolute Gasteiger partial charge is 0.364 e. The maximum atomic E-state index is 14.6. The van der Waals surface area contributed by atoms with Gasteiger partial charge in [0.25, 0.3) is 5.91 Å². The summed E-state index contributed by atoms with van der Waals surface area (Å²) in [5, 5.41) is 12.0. The van der Waals surface area contributed by atoms with Gasteiger partial charge in [-0.25, -0.2) is 9.37 Å². The number of rotatable bonds is 4. The Morgan fingerprint density at radius 1 is 1.27 bits per heavy atom. The van der Waals surface area contributed by atoms with E-state index in [0.29, 0.717) is 23.3 Å². The minimum Gasteiger partial charge on any atom is -0.364 e. The van der Waals surface area contributed by atoms with Crippen LogP contribution >= 0.6 is 11.6 Å². The third-order valence-electron chi connectivity index (χ3n) is 5.88. The first kappa shape index (κ1) is 19.0. The molecule has 2 aliphatic rings. The van der Waals surface area contributed by atoms with Gasteiger partial charge >= 0.3 is 0 Å². The monoisotopic (exact) mass is 426 g/mol. The van der Waals surface area contributed by atoms with Crippen molar-refractivity contribution in [1.82, 2.24) is 24.9 Å². The topological polar surface area (TPSA) is 75.9 Å². The highest BCUT2D eigenvalue weighted by Gasteiger charge is 2.47. The van der Waals surface area contributed by atoms with Gasteiger partial charge in [-0.15, -0.1) is 4.80 Å². The molecule has 1 saturated heterocycles. The molecule has 2 bridgehead atoms. The van der Waals surface area contributed by atoms with Gasteiger partial charge in [0.15, 0.2) is 5.82 Å². The van der Waals surface area contributed by atoms with E-state index in [1.807, 2.05) is 17.9 Å². The fourth-order valence-electron chi connectivity index (χ4n) is 4.61. The average molecular weight is 427 g/mol. The molecule has 1 aromatic carbocycles. The van der Waals surface area contributed by atoms with Crippen molar-refractivity contribution in [2.75, 3.05) is 11.9 Å². The van der Waals surface area contributed by atoms with Gasteiger partial charge in [0.2, 0.25) is 0 Å². The van der Waals surface area contributed by atoms with Crippen LogP contribution in [0.1, 0.15) is 28.8 Å². The van der Waals surface area contributed by atoms with Crippen LogP contribution in [-0.4, -0.2) is 49.4 Å². The second-order valence-electron chi connectivity index (χ2n) is 7.91. The van der Waals surface area contributed by atoms with E-state index in [4.69, 9.17) is 11.6 Å². The maximum absolute atomic E-state index is 14.6. The Balaban J connectivity index is 1.42. The van der Waals surface area contributed by atoms with Crippen molar-refractivity contribution >= 4 is 23.3 Å². The van der Waals surface area contributed by atoms with Crippen molar-refractivity contribution in [2.45, 2.75) is 31.8 Å². The summed E-state index contributed by atoms with van der Waals surface area (Å²) in [5.41, 5.74) is 1.31. The van der Waals surface area contributed by atoms with Crippen LogP contribution in [0.2, 0.25) is 5.02 Å². The molecule has 1 amide bonds. The molecule has 1 saturated carbocycles. The van der Waals surface area contributed by atoms with E-state index >= 15 is 0 Å². The lowest BCUT2D eigenvalue weighted by Gasteiger charge is -2.34. The van der Waals surface area contributed by atoms with Crippen molar-refractivity contribution in [3.8, 4) is 5.69 Å². The molecule has 1 aliphatic heterocycles. The number of benzene rings is 1. The molecule has 3 heterocycles. The van der Waals surface area contributed by atoms with E-state index in [1.165, 1.54) is 24.5 Å². The number of aryl methyl sites for hydroxylation is 1. The molecule has 0 radical (unpaired) electrons. The van der Waals surface area contributed by atoms with E-state index in [2.05, 4.69) is 20.5 Å². The lowest BCUT2D eigenvalue weighted by Crippen LogP contribution is -2.48. The third kappa shape index (κ3) is 3.21. The molecule has 3 unspecified atom stereocenters. The van der Waals surface area contributed by atoms with Crippen LogP contribution in [0.4, 0.5) is 10.2 Å². The Labute approximate surface area is 177 Å². The fraction of sp³-hybridized carbons (Fsp3) is 0.333. The number of aromatic nitrogens is 4. The Morgan fingerprint density at radius 2 is 2.07 bits per heavy atom. The van der Waals surface area contributed by atoms with Crippen LogP contribution in [-0.2, 0) is 0 Å². The predicted octanol–water partition coefficient (Wildman–Crippen LogP) is 3.48. The highest BCUT2D eigenvalue weighted by atomic mass is 35.5. The second-order valence-corrected chi connectivity index (χ2v) is 8.32. The van der Waals surface area contributed by atoms with Crippen LogP contribution in [0.3, 0.4) is 0 Å². The highest BCUT2D eigenvalue weighted by Crippen LogP contribution is 2.40. The number of halogens is 2. The van der Waals surface area contributed by atoms with Crippen LogP contribution in [0, 0.1) is 18.7 Å². The molecule has 2 aromatic heterocycles. The number of hydrogen-bond donors (Lipinski definition) is 1. The van der Waals surface area contributed by atoms with E-state index in [0.717, 1.165) is 23.2 Å². The Kier molecular flexibility index (Phi) is 4.66. The standard InChI is InChI=1S/C21H20ClFN6O/c1-12-7-15(22)20(24-10-12)27-17-8-13-9-18(17)28(11-13)21(30)14-3-2-4-16(23)19(14)29-25-5-6-26-29/h2-7,10,13,17-18H,8-9,11H2,1H3,(H,24,27). The molecule has 3 atom stereocenters. The van der Waals surface area contributed by atoms with Gasteiger partial charge in [0, 0.05) is 18.8 Å². The number of fused-ring (bicyclic) bond motifs is 2. The first-order valence-corrected chi connectivity index (χ1v) is 10.2. The van der Waals surface area contributed by atoms with Gasteiger partial charge in [-0.3, -0.25) is 4.79 Å². The van der Waals surface area contributed by atoms with Gasteiger partial charge in [-0.2, -0.15) is 10.2 Å². The number of pyridine rings is 1. The van der Waals surface area contributed by atoms with E-state index < -0.39 is 5.82 Å². The Bertz CT molecular complexity index is 1100. The number of para-hydroxylation sites is 1. The molecule has 0 spiro atoms. The second kappa shape index (κ2) is 7.36. The molecule has 7 nitrogen and oxygen atoms in total. The smallest absolute Gasteiger partial charge is 0.256 e. The lowest BCUT2D eigenvalue weighted by molar-refractivity contribution is 0.0691. The van der Waals surface area contributed by atoms with Gasteiger partial charge in [0.1, 0.15) is 11.5 Å². The average Bonchev–Trinajstić information content (AvgIpc) is 3.46. The molecule has 9 heteroatoms. The van der Waals surface area contributed by atoms with Gasteiger partial charge in [-0.1, -0.05) is 17.7 Å². The van der Waals surface area contributed by atoms with E-state index in [1.54, 1.807) is 12.3 Å². The quantitative estimate of drug-likeness (QED) is 0.691. The normalized spacial score (nSPS) is 22.5. The van der Waals surface area contributed by atoms with E-state index in [-0.39, 0.29) is 29.2 Å². The summed E-state index contributed by atoms with van der Waals surface area (Å²) in [6.45, 7) is 2.59. The summed E-state index contributed by atoms with van der Waals surface area (Å²) in [5.74, 6) is 0.260. The number of anilines is 1. The molecule has 3 aromatic rings.